The standard InChI is InChI=1S/C47H68O14/c1-28-38-30-9-10-34-45(6,47(30,38)35(48)25-31-32-26-43(4,39(50)51)15-14-42(32,3)16-17-44(28,31)5)13-11-36(46(34,7)40(52)58-27-33-29(2)59-41(53)60-33)61-37(49)12-18-55-21-22-57-24-23-56-20-19-54-8/h25,28,30,32,34,36,38H,9-24,26-27H2,1-8H3,(H,50,51)/t28-,30?,32-,34+,36-,38?,42+,43-,44-,45-,46-,47+/m0/s1. The highest BCUT2D eigenvalue weighted by Crippen LogP contribution is 2.84. The van der Waals surface area contributed by atoms with Crippen molar-refractivity contribution in [3.63, 3.8) is 0 Å². The van der Waals surface area contributed by atoms with Crippen LogP contribution in [0.5, 0.6) is 0 Å². The van der Waals surface area contributed by atoms with Crippen LogP contribution >= 0.6 is 0 Å². The number of allylic oxidation sites excluding steroid dienone is 2. The van der Waals surface area contributed by atoms with Crippen LogP contribution in [0.25, 0.3) is 0 Å². The molecule has 0 radical (unpaired) electrons. The summed E-state index contributed by atoms with van der Waals surface area (Å²) in [6, 6.07) is 0. The molecule has 0 aromatic carbocycles. The van der Waals surface area contributed by atoms with E-state index in [2.05, 4.69) is 27.7 Å². The van der Waals surface area contributed by atoms with Gasteiger partial charge in [-0.05, 0) is 130 Å². The van der Waals surface area contributed by atoms with Crippen molar-refractivity contribution in [2.45, 2.75) is 125 Å². The minimum atomic E-state index is -1.35. The Morgan fingerprint density at radius 1 is 0.836 bits per heavy atom. The van der Waals surface area contributed by atoms with Crippen LogP contribution in [-0.4, -0.2) is 88.3 Å². The molecule has 0 saturated heterocycles. The van der Waals surface area contributed by atoms with Crippen LogP contribution in [0.2, 0.25) is 0 Å². The summed E-state index contributed by atoms with van der Waals surface area (Å²) in [6.07, 6.45) is 7.27. The van der Waals surface area contributed by atoms with E-state index in [1.165, 1.54) is 0 Å². The molecule has 14 heteroatoms. The van der Waals surface area contributed by atoms with Crippen molar-refractivity contribution < 1.29 is 61.5 Å². The molecule has 1 N–H and O–H groups in total. The number of aryl methyl sites for hydroxylation is 1. The van der Waals surface area contributed by atoms with Gasteiger partial charge in [-0.25, -0.2) is 4.79 Å². The van der Waals surface area contributed by atoms with Crippen molar-refractivity contribution >= 4 is 23.7 Å². The molecule has 0 amide bonds. The molecule has 340 valence electrons. The minimum absolute atomic E-state index is 0.0174. The van der Waals surface area contributed by atoms with Crippen molar-refractivity contribution in [3.8, 4) is 0 Å². The summed E-state index contributed by atoms with van der Waals surface area (Å²) in [6.45, 7) is 16.6. The van der Waals surface area contributed by atoms with Crippen LogP contribution in [0, 0.1) is 69.0 Å². The molecular weight excluding hydrogens is 789 g/mol. The van der Waals surface area contributed by atoms with E-state index in [0.717, 1.165) is 31.3 Å². The maximum Gasteiger partial charge on any atom is 0.519 e. The van der Waals surface area contributed by atoms with E-state index < -0.39 is 51.5 Å². The number of ketones is 1. The molecule has 0 aliphatic heterocycles. The SMILES string of the molecule is COCCOCCOCCOCCC(=O)O[C@H]1CC[C@@]2(C)[C@@H](CCC3C4[C@H](C)[C@]5(C)CC[C@@]6(C)CC[C@](C)(C(=O)O)C[C@H]6C5=CC(=O)[C@]342)[C@]1(C)C(=O)OCc1oc(=O)oc1C. The number of carbonyl (C=O) groups excluding carboxylic acids is 3. The zero-order chi connectivity index (χ0) is 44.2. The Bertz CT molecular complexity index is 1930. The van der Waals surface area contributed by atoms with Crippen molar-refractivity contribution in [2.24, 2.45) is 62.1 Å². The Morgan fingerprint density at radius 3 is 2.13 bits per heavy atom. The molecule has 14 nitrogen and oxygen atoms in total. The van der Waals surface area contributed by atoms with Crippen LogP contribution in [0.1, 0.15) is 117 Å². The van der Waals surface area contributed by atoms with Crippen LogP contribution in [0.3, 0.4) is 0 Å². The highest BCUT2D eigenvalue weighted by atomic mass is 16.6. The van der Waals surface area contributed by atoms with Gasteiger partial charge in [-0.1, -0.05) is 33.3 Å². The molecule has 1 aromatic rings. The topological polar surface area (TPSA) is 187 Å². The minimum Gasteiger partial charge on any atom is -0.481 e. The van der Waals surface area contributed by atoms with E-state index in [1.54, 1.807) is 14.0 Å². The first-order valence-electron chi connectivity index (χ1n) is 22.5. The first-order valence-corrected chi connectivity index (χ1v) is 22.5. The number of esters is 2. The van der Waals surface area contributed by atoms with Crippen LogP contribution < -0.4 is 5.82 Å². The van der Waals surface area contributed by atoms with Gasteiger partial charge in [-0.3, -0.25) is 19.2 Å². The van der Waals surface area contributed by atoms with Gasteiger partial charge in [0.1, 0.15) is 11.5 Å². The normalized spacial score (nSPS) is 39.9. The molecular formula is C47H68O14. The molecule has 2 unspecified atom stereocenters. The molecule has 6 aliphatic carbocycles. The highest BCUT2D eigenvalue weighted by molar-refractivity contribution is 6.00. The van der Waals surface area contributed by atoms with Gasteiger partial charge in [0.05, 0.1) is 58.1 Å². The van der Waals surface area contributed by atoms with E-state index >= 15 is 4.79 Å². The summed E-state index contributed by atoms with van der Waals surface area (Å²) < 4.78 is 43.9. The maximum atomic E-state index is 15.5. The fraction of sp³-hybridized carbons (Fsp3) is 0.809. The predicted octanol–water partition coefficient (Wildman–Crippen LogP) is 6.87. The van der Waals surface area contributed by atoms with Gasteiger partial charge in [0.2, 0.25) is 0 Å². The van der Waals surface area contributed by atoms with E-state index in [1.807, 2.05) is 19.9 Å². The van der Waals surface area contributed by atoms with Gasteiger partial charge in [0.15, 0.2) is 23.9 Å². The summed E-state index contributed by atoms with van der Waals surface area (Å²) in [7, 11) is 1.61. The van der Waals surface area contributed by atoms with Gasteiger partial charge in [-0.2, -0.15) is 0 Å². The summed E-state index contributed by atoms with van der Waals surface area (Å²) in [4.78, 5) is 68.3. The number of fused-ring (bicyclic) bond motifs is 5. The van der Waals surface area contributed by atoms with Gasteiger partial charge in [0.25, 0.3) is 0 Å². The molecule has 1 heterocycles. The number of hydrogen-bond acceptors (Lipinski definition) is 13. The van der Waals surface area contributed by atoms with E-state index in [4.69, 9.17) is 37.3 Å². The number of carboxylic acid groups (broad SMARTS) is 1. The Balaban J connectivity index is 1.13. The Hall–Kier alpha value is -3.33. The Kier molecular flexibility index (Phi) is 12.7. The monoisotopic (exact) mass is 856 g/mol. The Labute approximate surface area is 359 Å². The van der Waals surface area contributed by atoms with E-state index in [0.29, 0.717) is 65.1 Å². The van der Waals surface area contributed by atoms with Crippen molar-refractivity contribution in [2.75, 3.05) is 53.4 Å². The molecule has 1 aromatic heterocycles. The molecule has 6 aliphatic rings. The van der Waals surface area contributed by atoms with Crippen LogP contribution in [0.4, 0.5) is 0 Å². The average molecular weight is 857 g/mol. The lowest BCUT2D eigenvalue weighted by Crippen LogP contribution is -2.62. The fourth-order valence-corrected chi connectivity index (χ4v) is 13.6. The number of aliphatic carboxylic acids is 1. The third-order valence-corrected chi connectivity index (χ3v) is 17.5. The van der Waals surface area contributed by atoms with Crippen LogP contribution in [0.15, 0.2) is 25.3 Å². The van der Waals surface area contributed by atoms with Gasteiger partial charge in [0, 0.05) is 12.5 Å². The third-order valence-electron chi connectivity index (χ3n) is 17.5. The molecule has 0 bridgehead atoms. The molecule has 61 heavy (non-hydrogen) atoms. The summed E-state index contributed by atoms with van der Waals surface area (Å²) in [5.41, 5.74) is -2.82. The number of methoxy groups -OCH3 is 1. The number of carbonyl (C=O) groups is 4. The third kappa shape index (κ3) is 7.56. The highest BCUT2D eigenvalue weighted by Gasteiger charge is 2.84. The van der Waals surface area contributed by atoms with Gasteiger partial charge < -0.3 is 42.4 Å². The fourth-order valence-electron chi connectivity index (χ4n) is 13.6. The van der Waals surface area contributed by atoms with Crippen LogP contribution in [-0.2, 0) is 54.2 Å². The molecule has 7 rings (SSSR count). The van der Waals surface area contributed by atoms with E-state index in [-0.39, 0.29) is 84.0 Å². The predicted molar refractivity (Wildman–Crippen MR) is 219 cm³/mol. The smallest absolute Gasteiger partial charge is 0.481 e. The molecule has 1 spiro atoms. The summed E-state index contributed by atoms with van der Waals surface area (Å²) >= 11 is 0. The maximum absolute atomic E-state index is 15.5. The molecule has 5 fully saturated rings. The quantitative estimate of drug-likeness (QED) is 0.126. The number of hydrogen-bond donors (Lipinski definition) is 1. The second-order valence-electron chi connectivity index (χ2n) is 20.4. The summed E-state index contributed by atoms with van der Waals surface area (Å²) in [5.74, 6) is -2.38. The number of rotatable bonds is 17. The first kappa shape index (κ1) is 45.7. The van der Waals surface area contributed by atoms with Crippen molar-refractivity contribution in [3.05, 3.63) is 33.8 Å². The lowest BCUT2D eigenvalue weighted by atomic mass is 9.45. The van der Waals surface area contributed by atoms with Gasteiger partial charge >= 0.3 is 23.7 Å². The number of ether oxygens (including phenoxy) is 6. The lowest BCUT2D eigenvalue weighted by molar-refractivity contribution is -0.206. The summed E-state index contributed by atoms with van der Waals surface area (Å²) in [5, 5.41) is 10.4. The van der Waals surface area contributed by atoms with Crippen molar-refractivity contribution in [1.29, 1.82) is 0 Å². The second-order valence-corrected chi connectivity index (χ2v) is 20.4. The van der Waals surface area contributed by atoms with Gasteiger partial charge in [-0.15, -0.1) is 0 Å². The molecule has 12 atom stereocenters. The van der Waals surface area contributed by atoms with Crippen molar-refractivity contribution in [1.82, 2.24) is 0 Å². The average Bonchev–Trinajstić information content (AvgIpc) is 3.83. The zero-order valence-corrected chi connectivity index (χ0v) is 37.5. The zero-order valence-electron chi connectivity index (χ0n) is 37.5. The van der Waals surface area contributed by atoms with E-state index in [9.17, 15) is 24.3 Å². The second kappa shape index (κ2) is 17.0. The molecule has 5 saturated carbocycles. The number of carboxylic acids is 1. The Morgan fingerprint density at radius 2 is 1.49 bits per heavy atom. The largest absolute Gasteiger partial charge is 0.519 e. The lowest BCUT2D eigenvalue weighted by Gasteiger charge is -2.58. The first-order chi connectivity index (χ1) is 28.8.